The van der Waals surface area contributed by atoms with Crippen LogP contribution in [0.15, 0.2) is 41.1 Å². The van der Waals surface area contributed by atoms with Gasteiger partial charge in [0.1, 0.15) is 5.82 Å². The quantitative estimate of drug-likeness (QED) is 0.788. The number of carbonyl (C=O) groups is 1. The van der Waals surface area contributed by atoms with Crippen molar-refractivity contribution in [3.63, 3.8) is 0 Å². The van der Waals surface area contributed by atoms with E-state index in [9.17, 15) is 9.18 Å². The van der Waals surface area contributed by atoms with Gasteiger partial charge in [-0.2, -0.15) is 0 Å². The average Bonchev–Trinajstić information content (AvgIpc) is 2.29. The van der Waals surface area contributed by atoms with E-state index in [1.54, 1.807) is 18.2 Å². The summed E-state index contributed by atoms with van der Waals surface area (Å²) in [6, 6.07) is 6.32. The van der Waals surface area contributed by atoms with Gasteiger partial charge in [0, 0.05) is 33.6 Å². The van der Waals surface area contributed by atoms with Gasteiger partial charge in [-0.3, -0.25) is 9.78 Å². The number of pyridine rings is 1. The Labute approximate surface area is 100 Å². The molecule has 16 heavy (non-hydrogen) atoms. The highest BCUT2D eigenvalue weighted by atomic mass is 79.9. The molecule has 0 saturated heterocycles. The van der Waals surface area contributed by atoms with Crippen LogP contribution < -0.4 is 0 Å². The maximum atomic E-state index is 13.6. The molecule has 1 aromatic heterocycles. The smallest absolute Gasteiger partial charge is 0.151 e. The van der Waals surface area contributed by atoms with Gasteiger partial charge in [-0.05, 0) is 18.2 Å². The van der Waals surface area contributed by atoms with Crippen molar-refractivity contribution in [1.82, 2.24) is 4.98 Å². The number of benzene rings is 1. The third-order valence-electron chi connectivity index (χ3n) is 2.15. The number of aromatic nitrogens is 1. The van der Waals surface area contributed by atoms with E-state index in [0.29, 0.717) is 27.4 Å². The molecule has 0 aliphatic rings. The molecule has 0 unspecified atom stereocenters. The number of hydrogen-bond donors (Lipinski definition) is 0. The zero-order valence-electron chi connectivity index (χ0n) is 8.15. The second-order valence-corrected chi connectivity index (χ2v) is 4.08. The number of aldehydes is 1. The Balaban J connectivity index is 2.62. The Morgan fingerprint density at radius 1 is 1.31 bits per heavy atom. The van der Waals surface area contributed by atoms with E-state index in [0.717, 1.165) is 0 Å². The van der Waals surface area contributed by atoms with Gasteiger partial charge in [-0.1, -0.05) is 22.0 Å². The first-order valence-electron chi connectivity index (χ1n) is 4.57. The fraction of sp³-hybridized carbons (Fsp3) is 0. The summed E-state index contributed by atoms with van der Waals surface area (Å²) >= 11 is 3.27. The molecule has 80 valence electrons. The minimum atomic E-state index is -0.348. The minimum Gasteiger partial charge on any atom is -0.298 e. The minimum absolute atomic E-state index is 0.348. The van der Waals surface area contributed by atoms with Crippen LogP contribution in [0.5, 0.6) is 0 Å². The summed E-state index contributed by atoms with van der Waals surface area (Å²) in [5.74, 6) is -0.348. The van der Waals surface area contributed by atoms with Gasteiger partial charge in [0.25, 0.3) is 0 Å². The molecule has 0 bridgehead atoms. The third-order valence-corrected chi connectivity index (χ3v) is 2.81. The summed E-state index contributed by atoms with van der Waals surface area (Å²) < 4.78 is 14.3. The SMILES string of the molecule is O=Cc1cncc(-c2c(F)cccc2Br)c1. The summed E-state index contributed by atoms with van der Waals surface area (Å²) in [4.78, 5) is 14.5. The van der Waals surface area contributed by atoms with Gasteiger partial charge >= 0.3 is 0 Å². The molecule has 0 saturated carbocycles. The van der Waals surface area contributed by atoms with Crippen molar-refractivity contribution in [2.45, 2.75) is 0 Å². The van der Waals surface area contributed by atoms with Crippen LogP contribution in [0.2, 0.25) is 0 Å². The highest BCUT2D eigenvalue weighted by Crippen LogP contribution is 2.30. The van der Waals surface area contributed by atoms with Gasteiger partial charge < -0.3 is 0 Å². The van der Waals surface area contributed by atoms with E-state index in [2.05, 4.69) is 20.9 Å². The molecule has 2 nitrogen and oxygen atoms in total. The number of rotatable bonds is 2. The molecular weight excluding hydrogens is 273 g/mol. The maximum Gasteiger partial charge on any atom is 0.151 e. The molecule has 0 amide bonds. The molecule has 1 heterocycles. The highest BCUT2D eigenvalue weighted by molar-refractivity contribution is 9.10. The van der Waals surface area contributed by atoms with Gasteiger partial charge in [0.05, 0.1) is 0 Å². The van der Waals surface area contributed by atoms with Crippen LogP contribution in [0.3, 0.4) is 0 Å². The molecule has 1 aromatic carbocycles. The van der Waals surface area contributed by atoms with Crippen molar-refractivity contribution in [3.8, 4) is 11.1 Å². The molecule has 0 N–H and O–H groups in total. The van der Waals surface area contributed by atoms with Crippen molar-refractivity contribution in [2.24, 2.45) is 0 Å². The normalized spacial score (nSPS) is 10.1. The molecule has 0 atom stereocenters. The average molecular weight is 280 g/mol. The Hall–Kier alpha value is -1.55. The van der Waals surface area contributed by atoms with Crippen molar-refractivity contribution in [2.75, 3.05) is 0 Å². The third kappa shape index (κ3) is 2.02. The summed E-state index contributed by atoms with van der Waals surface area (Å²) in [7, 11) is 0. The summed E-state index contributed by atoms with van der Waals surface area (Å²) in [5, 5.41) is 0. The van der Waals surface area contributed by atoms with Crippen molar-refractivity contribution >= 4 is 22.2 Å². The van der Waals surface area contributed by atoms with Crippen LogP contribution >= 0.6 is 15.9 Å². The monoisotopic (exact) mass is 279 g/mol. The molecule has 2 rings (SSSR count). The first kappa shape index (κ1) is 11.0. The lowest BCUT2D eigenvalue weighted by Gasteiger charge is -2.05. The second kappa shape index (κ2) is 4.53. The predicted molar refractivity (Wildman–Crippen MR) is 62.7 cm³/mol. The molecule has 0 radical (unpaired) electrons. The predicted octanol–water partition coefficient (Wildman–Crippen LogP) is 3.46. The van der Waals surface area contributed by atoms with Crippen molar-refractivity contribution in [3.05, 3.63) is 52.5 Å². The zero-order valence-corrected chi connectivity index (χ0v) is 9.74. The number of halogens is 2. The highest BCUT2D eigenvalue weighted by Gasteiger charge is 2.09. The van der Waals surface area contributed by atoms with Crippen LogP contribution in [-0.2, 0) is 0 Å². The van der Waals surface area contributed by atoms with Crippen LogP contribution in [0.25, 0.3) is 11.1 Å². The van der Waals surface area contributed by atoms with E-state index >= 15 is 0 Å². The molecule has 0 fully saturated rings. The number of hydrogen-bond acceptors (Lipinski definition) is 2. The summed E-state index contributed by atoms with van der Waals surface area (Å²) in [5.41, 5.74) is 1.42. The topological polar surface area (TPSA) is 30.0 Å². The van der Waals surface area contributed by atoms with Gasteiger partial charge in [-0.25, -0.2) is 4.39 Å². The molecule has 0 aliphatic heterocycles. The van der Waals surface area contributed by atoms with Gasteiger partial charge in [0.2, 0.25) is 0 Å². The van der Waals surface area contributed by atoms with Crippen LogP contribution in [0, 0.1) is 5.82 Å². The summed E-state index contributed by atoms with van der Waals surface area (Å²) in [6.45, 7) is 0. The molecule has 2 aromatic rings. The van der Waals surface area contributed by atoms with Gasteiger partial charge in [-0.15, -0.1) is 0 Å². The molecule has 0 spiro atoms. The lowest BCUT2D eigenvalue weighted by Crippen LogP contribution is -1.89. The maximum absolute atomic E-state index is 13.6. The Morgan fingerprint density at radius 3 is 2.81 bits per heavy atom. The lowest BCUT2D eigenvalue weighted by atomic mass is 10.1. The Morgan fingerprint density at radius 2 is 2.12 bits per heavy atom. The van der Waals surface area contributed by atoms with Crippen LogP contribution in [0.1, 0.15) is 10.4 Å². The largest absolute Gasteiger partial charge is 0.298 e. The first-order valence-corrected chi connectivity index (χ1v) is 5.36. The van der Waals surface area contributed by atoms with Crippen molar-refractivity contribution < 1.29 is 9.18 Å². The van der Waals surface area contributed by atoms with E-state index < -0.39 is 0 Å². The van der Waals surface area contributed by atoms with Crippen LogP contribution in [-0.4, -0.2) is 11.3 Å². The molecule has 0 aliphatic carbocycles. The van der Waals surface area contributed by atoms with E-state index in [1.807, 2.05) is 0 Å². The van der Waals surface area contributed by atoms with Gasteiger partial charge in [0.15, 0.2) is 6.29 Å². The number of carbonyl (C=O) groups excluding carboxylic acids is 1. The lowest BCUT2D eigenvalue weighted by molar-refractivity contribution is 0.112. The van der Waals surface area contributed by atoms with Crippen molar-refractivity contribution in [1.29, 1.82) is 0 Å². The first-order chi connectivity index (χ1) is 7.72. The fourth-order valence-corrected chi connectivity index (χ4v) is 2.00. The second-order valence-electron chi connectivity index (χ2n) is 3.22. The fourth-order valence-electron chi connectivity index (χ4n) is 1.43. The zero-order chi connectivity index (χ0) is 11.5. The Kier molecular flexibility index (Phi) is 3.10. The van der Waals surface area contributed by atoms with E-state index in [4.69, 9.17) is 0 Å². The standard InChI is InChI=1S/C12H7BrFNO/c13-10-2-1-3-11(14)12(10)9-4-8(7-16)5-15-6-9/h1-7H. The van der Waals surface area contributed by atoms with Crippen LogP contribution in [0.4, 0.5) is 4.39 Å². The molecular formula is C12H7BrFNO. The Bertz CT molecular complexity index is 522. The van der Waals surface area contributed by atoms with E-state index in [-0.39, 0.29) is 5.82 Å². The van der Waals surface area contributed by atoms with E-state index in [1.165, 1.54) is 18.5 Å². The number of nitrogens with zero attached hydrogens (tertiary/aromatic N) is 1. The molecule has 4 heteroatoms. The summed E-state index contributed by atoms with van der Waals surface area (Å²) in [6.07, 6.45) is 3.65.